The summed E-state index contributed by atoms with van der Waals surface area (Å²) in [6.07, 6.45) is 2.50. The molecule has 3 heterocycles. The van der Waals surface area contributed by atoms with Gasteiger partial charge in [0.25, 0.3) is 0 Å². The second-order valence-electron chi connectivity index (χ2n) is 7.67. The lowest BCUT2D eigenvalue weighted by Crippen LogP contribution is -2.28. The number of ether oxygens (including phenoxy) is 1. The van der Waals surface area contributed by atoms with Gasteiger partial charge in [-0.2, -0.15) is 5.10 Å². The van der Waals surface area contributed by atoms with E-state index in [1.165, 1.54) is 6.20 Å². The maximum atomic E-state index is 12.6. The van der Waals surface area contributed by atoms with Crippen molar-refractivity contribution in [3.63, 3.8) is 0 Å². The topological polar surface area (TPSA) is 86.0 Å². The Kier molecular flexibility index (Phi) is 5.81. The van der Waals surface area contributed by atoms with Crippen molar-refractivity contribution in [3.8, 4) is 17.3 Å². The summed E-state index contributed by atoms with van der Waals surface area (Å²) in [6, 6.07) is 2.27. The number of ketones is 1. The third-order valence-electron chi connectivity index (χ3n) is 5.04. The van der Waals surface area contributed by atoms with E-state index in [9.17, 15) is 18.0 Å². The molecule has 3 aromatic heterocycles. The number of rotatable bonds is 7. The quantitative estimate of drug-likeness (QED) is 0.552. The van der Waals surface area contributed by atoms with Crippen LogP contribution in [-0.4, -0.2) is 50.5 Å². The molecule has 32 heavy (non-hydrogen) atoms. The van der Waals surface area contributed by atoms with Crippen LogP contribution < -0.4 is 9.64 Å². The third kappa shape index (κ3) is 5.04. The fraction of sp³-hybridized carbons (Fsp3) is 0.381. The number of pyridine rings is 1. The lowest BCUT2D eigenvalue weighted by atomic mass is 10.1. The first-order valence-corrected chi connectivity index (χ1v) is 10.0. The highest BCUT2D eigenvalue weighted by molar-refractivity contribution is 5.85. The van der Waals surface area contributed by atoms with Gasteiger partial charge in [-0.1, -0.05) is 0 Å². The van der Waals surface area contributed by atoms with Crippen LogP contribution in [-0.2, 0) is 31.1 Å². The molecule has 0 amide bonds. The lowest BCUT2D eigenvalue weighted by Gasteiger charge is -2.21. The summed E-state index contributed by atoms with van der Waals surface area (Å²) in [5.41, 5.74) is 2.76. The van der Waals surface area contributed by atoms with Gasteiger partial charge < -0.3 is 9.64 Å². The first-order chi connectivity index (χ1) is 15.2. The average Bonchev–Trinajstić information content (AvgIpc) is 3.34. The largest absolute Gasteiger partial charge is 0.573 e. The molecule has 0 atom stereocenters. The Bertz CT molecular complexity index is 1140. The minimum absolute atomic E-state index is 0.00823. The number of anilines is 1. The molecule has 0 aromatic carbocycles. The van der Waals surface area contributed by atoms with Crippen molar-refractivity contribution in [3.05, 3.63) is 47.5 Å². The lowest BCUT2D eigenvalue weighted by molar-refractivity contribution is -0.274. The molecule has 1 aliphatic carbocycles. The van der Waals surface area contributed by atoms with Crippen LogP contribution in [0.4, 0.5) is 19.0 Å². The van der Waals surface area contributed by atoms with E-state index in [0.29, 0.717) is 5.82 Å². The van der Waals surface area contributed by atoms with Gasteiger partial charge in [0.1, 0.15) is 17.3 Å². The first kappa shape index (κ1) is 21.7. The van der Waals surface area contributed by atoms with Crippen molar-refractivity contribution in [1.82, 2.24) is 24.7 Å². The normalized spacial score (nSPS) is 13.2. The van der Waals surface area contributed by atoms with Gasteiger partial charge in [0.05, 0.1) is 12.7 Å². The molecule has 8 nitrogen and oxygen atoms in total. The third-order valence-corrected chi connectivity index (χ3v) is 5.04. The highest BCUT2D eigenvalue weighted by Crippen LogP contribution is 2.32. The second-order valence-corrected chi connectivity index (χ2v) is 7.67. The molecule has 4 rings (SSSR count). The molecule has 0 saturated carbocycles. The van der Waals surface area contributed by atoms with Gasteiger partial charge >= 0.3 is 6.36 Å². The number of carbonyl (C=O) groups is 1. The molecule has 0 bridgehead atoms. The number of halogens is 3. The zero-order valence-electron chi connectivity index (χ0n) is 17.6. The van der Waals surface area contributed by atoms with Crippen molar-refractivity contribution in [2.75, 3.05) is 18.5 Å². The highest BCUT2D eigenvalue weighted by Gasteiger charge is 2.31. The molecule has 3 aromatic rings. The maximum absolute atomic E-state index is 12.6. The number of nitrogens with zero attached hydrogens (tertiary/aromatic N) is 6. The molecule has 0 N–H and O–H groups in total. The predicted molar refractivity (Wildman–Crippen MR) is 109 cm³/mol. The Hall–Kier alpha value is -3.50. The van der Waals surface area contributed by atoms with E-state index in [-0.39, 0.29) is 30.3 Å². The fourth-order valence-corrected chi connectivity index (χ4v) is 3.76. The van der Waals surface area contributed by atoms with Crippen molar-refractivity contribution >= 4 is 11.6 Å². The van der Waals surface area contributed by atoms with Gasteiger partial charge in [0.2, 0.25) is 0 Å². The zero-order chi connectivity index (χ0) is 22.9. The van der Waals surface area contributed by atoms with Crippen molar-refractivity contribution in [2.24, 2.45) is 7.05 Å². The number of likely N-dealkylation sites (N-methyl/N-ethyl adjacent to an activating group) is 1. The van der Waals surface area contributed by atoms with Crippen LogP contribution in [0.25, 0.3) is 11.5 Å². The van der Waals surface area contributed by atoms with E-state index in [1.54, 1.807) is 36.1 Å². The summed E-state index contributed by atoms with van der Waals surface area (Å²) in [5.74, 6) is 0.380. The van der Waals surface area contributed by atoms with Crippen LogP contribution in [0.5, 0.6) is 5.75 Å². The van der Waals surface area contributed by atoms with E-state index in [0.717, 1.165) is 48.2 Å². The Labute approximate surface area is 182 Å². The van der Waals surface area contributed by atoms with Crippen LogP contribution in [0.1, 0.15) is 23.2 Å². The van der Waals surface area contributed by atoms with Crippen LogP contribution in [0, 0.1) is 0 Å². The number of fused-ring (bicyclic) bond motifs is 1. The molecular weight excluding hydrogens is 425 g/mol. The van der Waals surface area contributed by atoms with Gasteiger partial charge in [-0.05, 0) is 30.9 Å². The summed E-state index contributed by atoms with van der Waals surface area (Å²) in [6.45, 7) is 0.127. The van der Waals surface area contributed by atoms with Gasteiger partial charge in [0.15, 0.2) is 11.6 Å². The molecule has 168 valence electrons. The van der Waals surface area contributed by atoms with Crippen molar-refractivity contribution in [1.29, 1.82) is 0 Å². The monoisotopic (exact) mass is 446 g/mol. The minimum atomic E-state index is -4.81. The molecule has 0 unspecified atom stereocenters. The summed E-state index contributed by atoms with van der Waals surface area (Å²) in [5, 5.41) is 4.07. The highest BCUT2D eigenvalue weighted by atomic mass is 19.4. The number of aryl methyl sites for hydroxylation is 2. The van der Waals surface area contributed by atoms with Gasteiger partial charge in [-0.15, -0.1) is 13.2 Å². The number of alkyl halides is 3. The smallest absolute Gasteiger partial charge is 0.406 e. The van der Waals surface area contributed by atoms with E-state index in [4.69, 9.17) is 0 Å². The van der Waals surface area contributed by atoms with E-state index in [1.807, 2.05) is 0 Å². The average molecular weight is 446 g/mol. The Morgan fingerprint density at radius 1 is 1.28 bits per heavy atom. The summed E-state index contributed by atoms with van der Waals surface area (Å²) in [7, 11) is 3.55. The molecule has 11 heteroatoms. The van der Waals surface area contributed by atoms with Crippen molar-refractivity contribution < 1.29 is 22.7 Å². The molecular formula is C21H21F3N6O2. The minimum Gasteiger partial charge on any atom is -0.406 e. The Morgan fingerprint density at radius 2 is 2.09 bits per heavy atom. The number of carbonyl (C=O) groups excluding carboxylic acids is 1. The summed E-state index contributed by atoms with van der Waals surface area (Å²) >= 11 is 0. The number of hydrogen-bond donors (Lipinski definition) is 0. The van der Waals surface area contributed by atoms with Crippen LogP contribution >= 0.6 is 0 Å². The second kappa shape index (κ2) is 8.56. The Balaban J connectivity index is 1.59. The Morgan fingerprint density at radius 3 is 2.81 bits per heavy atom. The number of hydrogen-bond acceptors (Lipinski definition) is 7. The summed E-state index contributed by atoms with van der Waals surface area (Å²) in [4.78, 5) is 27.5. The van der Waals surface area contributed by atoms with E-state index >= 15 is 0 Å². The summed E-state index contributed by atoms with van der Waals surface area (Å²) < 4.78 is 43.4. The van der Waals surface area contributed by atoms with Crippen LogP contribution in [0.15, 0.2) is 30.7 Å². The van der Waals surface area contributed by atoms with Gasteiger partial charge in [-0.25, -0.2) is 9.97 Å². The molecule has 0 radical (unpaired) electrons. The van der Waals surface area contributed by atoms with Crippen LogP contribution in [0.3, 0.4) is 0 Å². The maximum Gasteiger partial charge on any atom is 0.573 e. The predicted octanol–water partition coefficient (Wildman–Crippen LogP) is 2.91. The van der Waals surface area contributed by atoms with Crippen LogP contribution in [0.2, 0.25) is 0 Å². The molecule has 0 saturated heterocycles. The van der Waals surface area contributed by atoms with E-state index < -0.39 is 12.1 Å². The SMILES string of the molecule is CN(CC(=O)Cc1cnn(C)c1)c1nc(-c2cc(OC(F)(F)F)ccn2)nc2c1CCC2. The van der Waals surface area contributed by atoms with Gasteiger partial charge in [-0.3, -0.25) is 14.5 Å². The fourth-order valence-electron chi connectivity index (χ4n) is 3.76. The first-order valence-electron chi connectivity index (χ1n) is 10.0. The van der Waals surface area contributed by atoms with Gasteiger partial charge in [0, 0.05) is 50.2 Å². The molecule has 0 aliphatic heterocycles. The van der Waals surface area contributed by atoms with E-state index in [2.05, 4.69) is 24.8 Å². The number of aromatic nitrogens is 5. The molecule has 1 aliphatic rings. The molecule has 0 spiro atoms. The molecule has 0 fully saturated rings. The number of Topliss-reactive ketones (excluding diaryl/α,β-unsaturated/α-hetero) is 1. The van der Waals surface area contributed by atoms with Crippen molar-refractivity contribution in [2.45, 2.75) is 32.0 Å². The zero-order valence-corrected chi connectivity index (χ0v) is 17.6. The standard InChI is InChI=1S/C21H21F3N6O2/c1-29(12-14(31)8-13-10-26-30(2)11-13)20-16-4-3-5-17(16)27-19(28-20)18-9-15(6-7-25-18)32-21(22,23)24/h6-7,9-11H,3-5,8,12H2,1-2H3.